The summed E-state index contributed by atoms with van der Waals surface area (Å²) in [6, 6.07) is 6.57. The number of nitrogens with zero attached hydrogens (tertiary/aromatic N) is 1. The number of benzene rings is 1. The summed E-state index contributed by atoms with van der Waals surface area (Å²) in [5, 5.41) is 14.9. The molecule has 3 rings (SSSR count). The van der Waals surface area contributed by atoms with Crippen LogP contribution in [0.5, 0.6) is 5.75 Å². The molecule has 2 aromatic rings. The van der Waals surface area contributed by atoms with Crippen molar-refractivity contribution in [3.05, 3.63) is 41.7 Å². The van der Waals surface area contributed by atoms with Gasteiger partial charge in [0.2, 0.25) is 0 Å². The Labute approximate surface area is 139 Å². The molecule has 126 valence electrons. The number of hydrogen-bond acceptors (Lipinski definition) is 4. The highest BCUT2D eigenvalue weighted by Crippen LogP contribution is 2.26. The standard InChI is InChI=1S/C16H19N5O3/c1-24-14-5-2-10(15(22)19-11-3-4-11)8-13(14)20-16(23)17-9-12-6-7-18-21-12/h2,5-8,11H,3-4,9H2,1H3,(H,18,21)(H,19,22)(H2,17,20,23). The normalized spacial score (nSPS) is 13.2. The molecule has 0 spiro atoms. The van der Waals surface area contributed by atoms with Gasteiger partial charge in [-0.25, -0.2) is 4.79 Å². The smallest absolute Gasteiger partial charge is 0.319 e. The van der Waals surface area contributed by atoms with Crippen molar-refractivity contribution in [3.63, 3.8) is 0 Å². The van der Waals surface area contributed by atoms with E-state index < -0.39 is 6.03 Å². The van der Waals surface area contributed by atoms with Crippen LogP contribution in [0.25, 0.3) is 0 Å². The van der Waals surface area contributed by atoms with Crippen LogP contribution in [0, 0.1) is 0 Å². The molecule has 1 aromatic heterocycles. The molecular weight excluding hydrogens is 310 g/mol. The fourth-order valence-electron chi connectivity index (χ4n) is 2.17. The largest absolute Gasteiger partial charge is 0.495 e. The predicted molar refractivity (Wildman–Crippen MR) is 87.9 cm³/mol. The van der Waals surface area contributed by atoms with Gasteiger partial charge in [0.15, 0.2) is 0 Å². The van der Waals surface area contributed by atoms with Crippen molar-refractivity contribution in [2.45, 2.75) is 25.4 Å². The Morgan fingerprint density at radius 3 is 2.83 bits per heavy atom. The van der Waals surface area contributed by atoms with Gasteiger partial charge in [-0.15, -0.1) is 0 Å². The maximum atomic E-state index is 12.1. The number of methoxy groups -OCH3 is 1. The van der Waals surface area contributed by atoms with Gasteiger partial charge in [-0.3, -0.25) is 9.89 Å². The molecule has 0 unspecified atom stereocenters. The fourth-order valence-corrected chi connectivity index (χ4v) is 2.17. The maximum Gasteiger partial charge on any atom is 0.319 e. The van der Waals surface area contributed by atoms with Crippen LogP contribution in [0.3, 0.4) is 0 Å². The molecule has 1 heterocycles. The summed E-state index contributed by atoms with van der Waals surface area (Å²) in [4.78, 5) is 24.2. The number of H-pyrrole nitrogens is 1. The van der Waals surface area contributed by atoms with Gasteiger partial charge < -0.3 is 20.7 Å². The van der Waals surface area contributed by atoms with E-state index >= 15 is 0 Å². The Morgan fingerprint density at radius 2 is 2.17 bits per heavy atom. The quantitative estimate of drug-likeness (QED) is 0.646. The van der Waals surface area contributed by atoms with Crippen LogP contribution in [0.4, 0.5) is 10.5 Å². The van der Waals surface area contributed by atoms with Gasteiger partial charge in [0.1, 0.15) is 5.75 Å². The minimum atomic E-state index is -0.400. The first-order valence-corrected chi connectivity index (χ1v) is 7.67. The topological polar surface area (TPSA) is 108 Å². The highest BCUT2D eigenvalue weighted by molar-refractivity contribution is 5.98. The highest BCUT2D eigenvalue weighted by Gasteiger charge is 2.24. The fraction of sp³-hybridized carbons (Fsp3) is 0.312. The SMILES string of the molecule is COc1ccc(C(=O)NC2CC2)cc1NC(=O)NCc1ccn[nH]1. The Hall–Kier alpha value is -3.03. The van der Waals surface area contributed by atoms with E-state index in [4.69, 9.17) is 4.74 Å². The molecular formula is C16H19N5O3. The van der Waals surface area contributed by atoms with Crippen LogP contribution >= 0.6 is 0 Å². The van der Waals surface area contributed by atoms with Crippen LogP contribution in [0.2, 0.25) is 0 Å². The van der Waals surface area contributed by atoms with Crippen LogP contribution < -0.4 is 20.7 Å². The number of aromatic amines is 1. The number of rotatable bonds is 6. The van der Waals surface area contributed by atoms with Crippen molar-refractivity contribution in [2.24, 2.45) is 0 Å². The molecule has 0 atom stereocenters. The van der Waals surface area contributed by atoms with Gasteiger partial charge >= 0.3 is 6.03 Å². The van der Waals surface area contributed by atoms with Gasteiger partial charge in [-0.05, 0) is 37.1 Å². The Morgan fingerprint density at radius 1 is 1.33 bits per heavy atom. The van der Waals surface area contributed by atoms with E-state index in [0.29, 0.717) is 23.5 Å². The van der Waals surface area contributed by atoms with E-state index in [9.17, 15) is 9.59 Å². The monoisotopic (exact) mass is 329 g/mol. The number of urea groups is 1. The Bertz CT molecular complexity index is 725. The van der Waals surface area contributed by atoms with E-state index in [1.54, 1.807) is 30.5 Å². The number of anilines is 1. The minimum absolute atomic E-state index is 0.152. The third-order valence-corrected chi connectivity index (χ3v) is 3.62. The van der Waals surface area contributed by atoms with Crippen molar-refractivity contribution in [2.75, 3.05) is 12.4 Å². The molecule has 1 fully saturated rings. The average molecular weight is 329 g/mol. The molecule has 1 aliphatic rings. The molecule has 1 aliphatic carbocycles. The number of aromatic nitrogens is 2. The molecule has 8 nitrogen and oxygen atoms in total. The lowest BCUT2D eigenvalue weighted by atomic mass is 10.1. The van der Waals surface area contributed by atoms with Gasteiger partial charge in [0, 0.05) is 17.8 Å². The van der Waals surface area contributed by atoms with Gasteiger partial charge in [0.25, 0.3) is 5.91 Å². The number of carbonyl (C=O) groups excluding carboxylic acids is 2. The lowest BCUT2D eigenvalue weighted by Gasteiger charge is -2.12. The highest BCUT2D eigenvalue weighted by atomic mass is 16.5. The number of ether oxygens (including phenoxy) is 1. The average Bonchev–Trinajstić information content (AvgIpc) is 3.24. The number of carbonyl (C=O) groups is 2. The molecule has 1 aromatic carbocycles. The summed E-state index contributed by atoms with van der Waals surface area (Å²) in [5.41, 5.74) is 1.70. The van der Waals surface area contributed by atoms with Crippen molar-refractivity contribution in [1.82, 2.24) is 20.8 Å². The zero-order valence-corrected chi connectivity index (χ0v) is 13.3. The van der Waals surface area contributed by atoms with Crippen molar-refractivity contribution < 1.29 is 14.3 Å². The minimum Gasteiger partial charge on any atom is -0.495 e. The first-order chi connectivity index (χ1) is 11.7. The van der Waals surface area contributed by atoms with E-state index in [1.165, 1.54) is 7.11 Å². The number of hydrogen-bond donors (Lipinski definition) is 4. The molecule has 0 aliphatic heterocycles. The number of nitrogens with one attached hydrogen (secondary N) is 4. The molecule has 8 heteroatoms. The predicted octanol–water partition coefficient (Wildman–Crippen LogP) is 1.63. The molecule has 24 heavy (non-hydrogen) atoms. The van der Waals surface area contributed by atoms with E-state index in [-0.39, 0.29) is 11.9 Å². The molecule has 0 bridgehead atoms. The first-order valence-electron chi connectivity index (χ1n) is 7.67. The molecule has 0 saturated heterocycles. The van der Waals surface area contributed by atoms with Gasteiger partial charge in [0.05, 0.1) is 25.0 Å². The van der Waals surface area contributed by atoms with Crippen molar-refractivity contribution >= 4 is 17.6 Å². The van der Waals surface area contributed by atoms with Gasteiger partial charge in [-0.2, -0.15) is 5.10 Å². The third-order valence-electron chi connectivity index (χ3n) is 3.62. The summed E-state index contributed by atoms with van der Waals surface area (Å²) < 4.78 is 5.23. The lowest BCUT2D eigenvalue weighted by molar-refractivity contribution is 0.0951. The second-order valence-corrected chi connectivity index (χ2v) is 5.55. The molecule has 3 amide bonds. The molecule has 4 N–H and O–H groups in total. The van der Waals surface area contributed by atoms with Crippen LogP contribution in [-0.4, -0.2) is 35.3 Å². The van der Waals surface area contributed by atoms with E-state index in [2.05, 4.69) is 26.1 Å². The Balaban J connectivity index is 1.65. The summed E-state index contributed by atoms with van der Waals surface area (Å²) in [5.74, 6) is 0.329. The Kier molecular flexibility index (Phi) is 4.64. The van der Waals surface area contributed by atoms with Crippen LogP contribution in [0.1, 0.15) is 28.9 Å². The summed E-state index contributed by atoms with van der Waals surface area (Å²) >= 11 is 0. The first kappa shape index (κ1) is 15.9. The van der Waals surface area contributed by atoms with Crippen molar-refractivity contribution in [3.8, 4) is 5.75 Å². The second-order valence-electron chi connectivity index (χ2n) is 5.55. The van der Waals surface area contributed by atoms with Gasteiger partial charge in [-0.1, -0.05) is 0 Å². The summed E-state index contributed by atoms with van der Waals surface area (Å²) in [6.07, 6.45) is 3.64. The maximum absolute atomic E-state index is 12.1. The van der Waals surface area contributed by atoms with E-state index in [0.717, 1.165) is 18.5 Å². The summed E-state index contributed by atoms with van der Waals surface area (Å²) in [6.45, 7) is 0.315. The zero-order chi connectivity index (χ0) is 16.9. The number of amides is 3. The zero-order valence-electron chi connectivity index (χ0n) is 13.3. The van der Waals surface area contributed by atoms with Crippen LogP contribution in [0.15, 0.2) is 30.5 Å². The summed E-state index contributed by atoms with van der Waals surface area (Å²) in [7, 11) is 1.51. The third kappa shape index (κ3) is 4.03. The van der Waals surface area contributed by atoms with Crippen LogP contribution in [-0.2, 0) is 6.54 Å². The molecule has 1 saturated carbocycles. The second kappa shape index (κ2) is 7.03. The lowest BCUT2D eigenvalue weighted by Crippen LogP contribution is -2.29. The van der Waals surface area contributed by atoms with E-state index in [1.807, 2.05) is 0 Å². The van der Waals surface area contributed by atoms with Crippen molar-refractivity contribution in [1.29, 1.82) is 0 Å². The molecule has 0 radical (unpaired) electrons.